The van der Waals surface area contributed by atoms with Gasteiger partial charge in [0.05, 0.1) is 23.2 Å². The van der Waals surface area contributed by atoms with E-state index in [0.717, 1.165) is 21.6 Å². The predicted molar refractivity (Wildman–Crippen MR) is 166 cm³/mol. The van der Waals surface area contributed by atoms with Gasteiger partial charge in [0.2, 0.25) is 17.4 Å². The second kappa shape index (κ2) is 12.5. The lowest BCUT2D eigenvalue weighted by molar-refractivity contribution is -0.145. The number of fused-ring (bicyclic) bond motifs is 1. The molecule has 2 N–H and O–H groups in total. The number of rotatable bonds is 10. The molecule has 2 atom stereocenters. The lowest BCUT2D eigenvalue weighted by Crippen LogP contribution is -2.70. The predicted octanol–water partition coefficient (Wildman–Crippen LogP) is 4.05. The van der Waals surface area contributed by atoms with Gasteiger partial charge < -0.3 is 15.4 Å². The Morgan fingerprint density at radius 3 is 2.50 bits per heavy atom. The number of hydrogen-bond donors (Lipinski definition) is 2. The van der Waals surface area contributed by atoms with E-state index in [-0.39, 0.29) is 28.7 Å². The van der Waals surface area contributed by atoms with Crippen LogP contribution in [0.15, 0.2) is 77.9 Å². The third-order valence-corrected chi connectivity index (χ3v) is 9.76. The van der Waals surface area contributed by atoms with Gasteiger partial charge in [0.1, 0.15) is 23.2 Å². The zero-order valence-corrected chi connectivity index (χ0v) is 25.0. The molecule has 1 saturated heterocycles. The average molecular weight is 635 g/mol. The van der Waals surface area contributed by atoms with Gasteiger partial charge in [0.25, 0.3) is 5.91 Å². The summed E-state index contributed by atoms with van der Waals surface area (Å²) in [5.41, 5.74) is 3.65. The van der Waals surface area contributed by atoms with E-state index in [1.165, 1.54) is 34.6 Å². The highest BCUT2D eigenvalue weighted by Gasteiger charge is 2.54. The summed E-state index contributed by atoms with van der Waals surface area (Å²) in [6.45, 7) is 0. The molecule has 0 aliphatic carbocycles. The standard InChI is InChI=1S/C28H22N6O4S4/c35-15-29-28-31-18(13-41-28)11-21(36)32-22-25(37)34-23(19(14-40-26(22)34)20-12-30-33-42-20)27(39)38-24(16-7-3-1-4-8-16)17-9-5-2-6-10-17/h1-10,12-13,15,22,24,26H,11,14H2,(H,32,36)(H,29,31,35)/t22-,26-/m1/s1. The molecule has 0 spiro atoms. The molecule has 2 aromatic heterocycles. The van der Waals surface area contributed by atoms with Crippen molar-refractivity contribution in [3.05, 3.63) is 99.6 Å². The fourth-order valence-corrected chi connectivity index (χ4v) is 7.74. The summed E-state index contributed by atoms with van der Waals surface area (Å²) in [7, 11) is 0. The maximum atomic E-state index is 13.6. The smallest absolute Gasteiger partial charge is 0.253 e. The molecule has 0 bridgehead atoms. The number of anilines is 1. The quantitative estimate of drug-likeness (QED) is 0.151. The van der Waals surface area contributed by atoms with Gasteiger partial charge in [0, 0.05) is 16.7 Å². The van der Waals surface area contributed by atoms with Crippen LogP contribution in [0.5, 0.6) is 0 Å². The van der Waals surface area contributed by atoms with Gasteiger partial charge in [-0.25, -0.2) is 4.98 Å². The summed E-state index contributed by atoms with van der Waals surface area (Å²) in [5.74, 6) is -0.0990. The molecular formula is C28H22N6O4S4. The number of carbonyl (C=O) groups is 3. The second-order valence-electron chi connectivity index (χ2n) is 9.25. The lowest BCUT2D eigenvalue weighted by atomic mass is 10.0. The Morgan fingerprint density at radius 1 is 1.14 bits per heavy atom. The first-order valence-electron chi connectivity index (χ1n) is 12.7. The fraction of sp³-hybridized carbons (Fsp3) is 0.179. The molecular weight excluding hydrogens is 613 g/mol. The Morgan fingerprint density at radius 2 is 1.86 bits per heavy atom. The van der Waals surface area contributed by atoms with E-state index in [1.807, 2.05) is 60.7 Å². The van der Waals surface area contributed by atoms with E-state index in [0.29, 0.717) is 28.7 Å². The summed E-state index contributed by atoms with van der Waals surface area (Å²) >= 11 is 9.88. The van der Waals surface area contributed by atoms with Crippen molar-refractivity contribution in [1.29, 1.82) is 0 Å². The van der Waals surface area contributed by atoms with Crippen LogP contribution in [-0.2, 0) is 25.5 Å². The first-order valence-corrected chi connectivity index (χ1v) is 15.8. The largest absolute Gasteiger partial charge is 0.469 e. The van der Waals surface area contributed by atoms with Crippen molar-refractivity contribution >= 4 is 80.8 Å². The Balaban J connectivity index is 1.25. The highest BCUT2D eigenvalue weighted by Crippen LogP contribution is 2.45. The number of benzene rings is 2. The van der Waals surface area contributed by atoms with E-state index in [9.17, 15) is 14.4 Å². The molecule has 10 nitrogen and oxygen atoms in total. The number of nitrogens with one attached hydrogen (secondary N) is 2. The Bertz CT molecular complexity index is 1610. The van der Waals surface area contributed by atoms with Crippen LogP contribution < -0.4 is 10.6 Å². The molecule has 2 aromatic carbocycles. The summed E-state index contributed by atoms with van der Waals surface area (Å²) in [6, 6.07) is 18.8. The van der Waals surface area contributed by atoms with Gasteiger partial charge in [-0.3, -0.25) is 19.3 Å². The Labute approximate surface area is 258 Å². The molecule has 6 rings (SSSR count). The minimum absolute atomic E-state index is 0.0178. The van der Waals surface area contributed by atoms with Crippen molar-refractivity contribution in [1.82, 2.24) is 24.8 Å². The third kappa shape index (κ3) is 5.70. The van der Waals surface area contributed by atoms with E-state index in [4.69, 9.17) is 17.0 Å². The molecule has 2 aliphatic rings. The molecule has 1 fully saturated rings. The molecule has 212 valence electrons. The molecule has 3 amide bonds. The van der Waals surface area contributed by atoms with Crippen molar-refractivity contribution in [3.63, 3.8) is 0 Å². The van der Waals surface area contributed by atoms with Crippen LogP contribution in [0.2, 0.25) is 0 Å². The van der Waals surface area contributed by atoms with Crippen LogP contribution in [0, 0.1) is 0 Å². The molecule has 0 radical (unpaired) electrons. The maximum Gasteiger partial charge on any atom is 0.253 e. The van der Waals surface area contributed by atoms with Crippen LogP contribution >= 0.6 is 46.8 Å². The zero-order valence-electron chi connectivity index (χ0n) is 21.7. The maximum absolute atomic E-state index is 13.6. The number of hydrogen-bond acceptors (Lipinski definition) is 11. The van der Waals surface area contributed by atoms with Crippen LogP contribution in [0.25, 0.3) is 5.57 Å². The minimum Gasteiger partial charge on any atom is -0.469 e. The molecule has 4 aromatic rings. The highest BCUT2D eigenvalue weighted by molar-refractivity contribution is 8.00. The average Bonchev–Trinajstić information content (AvgIpc) is 3.71. The first-order chi connectivity index (χ1) is 20.5. The topological polar surface area (TPSA) is 126 Å². The summed E-state index contributed by atoms with van der Waals surface area (Å²) in [6.07, 6.45) is 1.67. The third-order valence-electron chi connectivity index (χ3n) is 6.64. The number of nitrogens with zero attached hydrogens (tertiary/aromatic N) is 4. The first kappa shape index (κ1) is 28.2. The second-order valence-corrected chi connectivity index (χ2v) is 12.4. The number of carbonyl (C=O) groups excluding carboxylic acids is 3. The Hall–Kier alpha value is -3.98. The number of amides is 3. The number of thiocarbonyl (C=S) groups is 1. The molecule has 0 saturated carbocycles. The fourth-order valence-electron chi connectivity index (χ4n) is 4.74. The van der Waals surface area contributed by atoms with Gasteiger partial charge in [-0.05, 0) is 34.9 Å². The molecule has 2 aliphatic heterocycles. The summed E-state index contributed by atoms with van der Waals surface area (Å²) in [4.78, 5) is 43.7. The van der Waals surface area contributed by atoms with E-state index in [2.05, 4.69) is 25.2 Å². The molecule has 42 heavy (non-hydrogen) atoms. The van der Waals surface area contributed by atoms with Crippen molar-refractivity contribution in [2.75, 3.05) is 11.1 Å². The van der Waals surface area contributed by atoms with E-state index < -0.39 is 12.1 Å². The highest BCUT2D eigenvalue weighted by atomic mass is 32.2. The zero-order chi connectivity index (χ0) is 29.1. The summed E-state index contributed by atoms with van der Waals surface area (Å²) < 4.78 is 10.5. The number of ether oxygens (including phenoxy) is 1. The minimum atomic E-state index is -0.730. The van der Waals surface area contributed by atoms with Crippen LogP contribution in [0.4, 0.5) is 5.13 Å². The van der Waals surface area contributed by atoms with Gasteiger partial charge >= 0.3 is 0 Å². The number of β-lactam (4-membered cyclic amide) rings is 1. The van der Waals surface area contributed by atoms with Crippen LogP contribution in [0.3, 0.4) is 0 Å². The number of thioether (sulfide) groups is 1. The van der Waals surface area contributed by atoms with Crippen molar-refractivity contribution in [2.45, 2.75) is 23.9 Å². The number of thiazole rings is 1. The monoisotopic (exact) mass is 634 g/mol. The number of aromatic nitrogens is 3. The van der Waals surface area contributed by atoms with E-state index >= 15 is 0 Å². The molecule has 4 heterocycles. The van der Waals surface area contributed by atoms with E-state index in [1.54, 1.807) is 16.5 Å². The Kier molecular flexibility index (Phi) is 8.37. The van der Waals surface area contributed by atoms with Gasteiger partial charge in [0.15, 0.2) is 5.13 Å². The molecule has 14 heteroatoms. The SMILES string of the molecule is O=CNc1nc(CC(=O)N[C@@H]2C(=O)N3C(C(=S)OC(c4ccccc4)c4ccccc4)=C(c4cnns4)CS[C@H]23)cs1. The van der Waals surface area contributed by atoms with Crippen molar-refractivity contribution in [2.24, 2.45) is 0 Å². The molecule has 0 unspecified atom stereocenters. The van der Waals surface area contributed by atoms with Gasteiger partial charge in [-0.15, -0.1) is 28.2 Å². The van der Waals surface area contributed by atoms with Gasteiger partial charge in [-0.2, -0.15) is 0 Å². The van der Waals surface area contributed by atoms with Crippen molar-refractivity contribution < 1.29 is 19.1 Å². The normalized spacial score (nSPS) is 17.8. The summed E-state index contributed by atoms with van der Waals surface area (Å²) in [5, 5.41) is 11.2. The lowest BCUT2D eigenvalue weighted by Gasteiger charge is -2.50. The van der Waals surface area contributed by atoms with Crippen molar-refractivity contribution in [3.8, 4) is 0 Å². The van der Waals surface area contributed by atoms with Crippen LogP contribution in [-0.4, -0.2) is 59.9 Å². The van der Waals surface area contributed by atoms with Crippen LogP contribution in [0.1, 0.15) is 27.8 Å². The van der Waals surface area contributed by atoms with Gasteiger partial charge in [-0.1, -0.05) is 65.2 Å².